The van der Waals surface area contributed by atoms with Gasteiger partial charge in [0.2, 0.25) is 11.8 Å². The first kappa shape index (κ1) is 24.5. The predicted octanol–water partition coefficient (Wildman–Crippen LogP) is 5.41. The van der Waals surface area contributed by atoms with E-state index < -0.39 is 17.6 Å². The SMILES string of the molecule is Cc1ccncc1-c1csc(C[C@H](C)/C=C(/NC(=O)Cc2cccc(C(F)(F)F)c2)ON)c1. The fraction of sp³-hybridized carbons (Fsp3) is 0.250. The highest BCUT2D eigenvalue weighted by molar-refractivity contribution is 7.10. The van der Waals surface area contributed by atoms with Crippen LogP contribution in [0.3, 0.4) is 0 Å². The van der Waals surface area contributed by atoms with E-state index in [1.54, 1.807) is 23.6 Å². The van der Waals surface area contributed by atoms with Gasteiger partial charge in [-0.05, 0) is 65.6 Å². The van der Waals surface area contributed by atoms with Crippen LogP contribution in [0.5, 0.6) is 0 Å². The number of rotatable bonds is 8. The van der Waals surface area contributed by atoms with E-state index in [1.807, 2.05) is 26.1 Å². The maximum atomic E-state index is 12.9. The quantitative estimate of drug-likeness (QED) is 0.338. The summed E-state index contributed by atoms with van der Waals surface area (Å²) in [6.07, 6.45) is 1.26. The summed E-state index contributed by atoms with van der Waals surface area (Å²) in [4.78, 5) is 22.4. The van der Waals surface area contributed by atoms with Crippen molar-refractivity contribution in [3.63, 3.8) is 0 Å². The summed E-state index contributed by atoms with van der Waals surface area (Å²) in [6.45, 7) is 3.99. The van der Waals surface area contributed by atoms with Gasteiger partial charge in [0.15, 0.2) is 0 Å². The standard InChI is InChI=1S/C24H24F3N3O2S/c1-15(8-20-12-18(14-33-20)21-13-29-7-6-16(21)2)9-23(32-28)30-22(31)11-17-4-3-5-19(10-17)24(25,26)27/h3-7,9-10,12-15H,8,11,28H2,1-2H3,(H,30,31)/b23-9-/t15-/m0/s1. The third-order valence-corrected chi connectivity index (χ3v) is 5.93. The molecule has 0 aliphatic carbocycles. The molecule has 0 spiro atoms. The summed E-state index contributed by atoms with van der Waals surface area (Å²) in [5.41, 5.74) is 2.76. The molecule has 0 fully saturated rings. The van der Waals surface area contributed by atoms with Crippen molar-refractivity contribution in [3.05, 3.63) is 87.7 Å². The van der Waals surface area contributed by atoms with Crippen molar-refractivity contribution < 1.29 is 22.8 Å². The largest absolute Gasteiger partial charge is 0.416 e. The normalized spacial score (nSPS) is 13.0. The molecule has 33 heavy (non-hydrogen) atoms. The van der Waals surface area contributed by atoms with Crippen molar-refractivity contribution in [1.82, 2.24) is 10.3 Å². The number of alkyl halides is 3. The minimum atomic E-state index is -4.47. The lowest BCUT2D eigenvalue weighted by atomic mass is 10.0. The lowest BCUT2D eigenvalue weighted by Crippen LogP contribution is -2.28. The average molecular weight is 476 g/mol. The molecule has 9 heteroatoms. The van der Waals surface area contributed by atoms with Crippen molar-refractivity contribution in [3.8, 4) is 11.1 Å². The number of nitrogens with two attached hydrogens (primary N) is 1. The molecule has 1 amide bonds. The highest BCUT2D eigenvalue weighted by Crippen LogP contribution is 2.30. The molecule has 5 nitrogen and oxygen atoms in total. The van der Waals surface area contributed by atoms with Crippen molar-refractivity contribution in [1.29, 1.82) is 0 Å². The highest BCUT2D eigenvalue weighted by Gasteiger charge is 2.30. The smallest absolute Gasteiger partial charge is 0.393 e. The molecule has 3 rings (SSSR count). The number of hydrogen-bond acceptors (Lipinski definition) is 5. The number of amides is 1. The maximum absolute atomic E-state index is 12.9. The molecule has 174 valence electrons. The van der Waals surface area contributed by atoms with E-state index in [-0.39, 0.29) is 23.8 Å². The Labute approximate surface area is 194 Å². The Balaban J connectivity index is 1.61. The van der Waals surface area contributed by atoms with Crippen LogP contribution in [0.15, 0.2) is 66.1 Å². The molecule has 0 saturated carbocycles. The van der Waals surface area contributed by atoms with E-state index in [1.165, 1.54) is 12.1 Å². The molecule has 0 aliphatic rings. The van der Waals surface area contributed by atoms with Crippen LogP contribution in [0.25, 0.3) is 11.1 Å². The van der Waals surface area contributed by atoms with E-state index in [2.05, 4.69) is 21.7 Å². The fourth-order valence-electron chi connectivity index (χ4n) is 3.36. The topological polar surface area (TPSA) is 77.2 Å². The summed E-state index contributed by atoms with van der Waals surface area (Å²) in [7, 11) is 0. The third-order valence-electron chi connectivity index (χ3n) is 4.97. The molecule has 1 atom stereocenters. The Morgan fingerprint density at radius 2 is 2.09 bits per heavy atom. The van der Waals surface area contributed by atoms with Gasteiger partial charge in [0.05, 0.1) is 12.0 Å². The zero-order valence-corrected chi connectivity index (χ0v) is 19.0. The van der Waals surface area contributed by atoms with E-state index >= 15 is 0 Å². The summed E-state index contributed by atoms with van der Waals surface area (Å²) in [6, 6.07) is 8.71. The Kier molecular flexibility index (Phi) is 7.88. The number of nitrogens with one attached hydrogen (secondary N) is 1. The number of aryl methyl sites for hydroxylation is 1. The molecule has 1 aromatic carbocycles. The number of carbonyl (C=O) groups is 1. The average Bonchev–Trinajstić information content (AvgIpc) is 3.21. The predicted molar refractivity (Wildman–Crippen MR) is 122 cm³/mol. The van der Waals surface area contributed by atoms with Gasteiger partial charge in [-0.3, -0.25) is 15.1 Å². The number of carbonyl (C=O) groups excluding carboxylic acids is 1. The van der Waals surface area contributed by atoms with E-state index in [0.29, 0.717) is 6.42 Å². The Hall–Kier alpha value is -3.17. The van der Waals surface area contributed by atoms with Crippen LogP contribution in [-0.4, -0.2) is 10.9 Å². The van der Waals surface area contributed by atoms with Crippen LogP contribution < -0.4 is 11.2 Å². The zero-order valence-electron chi connectivity index (χ0n) is 18.1. The molecular formula is C24H24F3N3O2S. The van der Waals surface area contributed by atoms with Gasteiger partial charge >= 0.3 is 6.18 Å². The minimum absolute atomic E-state index is 0.0149. The molecule has 0 saturated heterocycles. The molecule has 0 unspecified atom stereocenters. The first-order chi connectivity index (χ1) is 15.7. The Morgan fingerprint density at radius 3 is 2.79 bits per heavy atom. The molecule has 0 aliphatic heterocycles. The van der Waals surface area contributed by atoms with Crippen LogP contribution >= 0.6 is 11.3 Å². The first-order valence-electron chi connectivity index (χ1n) is 10.2. The zero-order chi connectivity index (χ0) is 24.0. The fourth-order valence-corrected chi connectivity index (χ4v) is 4.39. The van der Waals surface area contributed by atoms with Crippen molar-refractivity contribution in [2.24, 2.45) is 11.8 Å². The van der Waals surface area contributed by atoms with E-state index in [9.17, 15) is 18.0 Å². The van der Waals surface area contributed by atoms with E-state index in [4.69, 9.17) is 10.7 Å². The number of pyridine rings is 1. The Morgan fingerprint density at radius 1 is 1.30 bits per heavy atom. The lowest BCUT2D eigenvalue weighted by Gasteiger charge is -2.12. The van der Waals surface area contributed by atoms with Gasteiger partial charge in [0.1, 0.15) is 0 Å². The second kappa shape index (κ2) is 10.6. The molecule has 0 radical (unpaired) electrons. The molecule has 2 aromatic heterocycles. The summed E-state index contributed by atoms with van der Waals surface area (Å²) >= 11 is 1.63. The summed E-state index contributed by atoms with van der Waals surface area (Å²) in [5.74, 6) is 4.81. The van der Waals surface area contributed by atoms with Gasteiger partial charge in [-0.2, -0.15) is 19.1 Å². The summed E-state index contributed by atoms with van der Waals surface area (Å²) in [5, 5.41) is 4.59. The number of thiophene rings is 1. The van der Waals surface area contributed by atoms with Crippen LogP contribution in [-0.2, 0) is 28.7 Å². The highest BCUT2D eigenvalue weighted by atomic mass is 32.1. The minimum Gasteiger partial charge on any atom is -0.393 e. The molecule has 3 aromatic rings. The Bertz CT molecular complexity index is 1140. The van der Waals surface area contributed by atoms with Gasteiger partial charge in [-0.1, -0.05) is 25.1 Å². The van der Waals surface area contributed by atoms with Gasteiger partial charge in [0.25, 0.3) is 0 Å². The van der Waals surface area contributed by atoms with Gasteiger partial charge in [0, 0.05) is 22.8 Å². The lowest BCUT2D eigenvalue weighted by molar-refractivity contribution is -0.137. The van der Waals surface area contributed by atoms with Crippen molar-refractivity contribution in [2.75, 3.05) is 0 Å². The first-order valence-corrected chi connectivity index (χ1v) is 11.1. The third kappa shape index (κ3) is 6.90. The molecule has 0 bridgehead atoms. The molecule has 2 heterocycles. The second-order valence-corrected chi connectivity index (χ2v) is 8.74. The number of benzene rings is 1. The van der Waals surface area contributed by atoms with Gasteiger partial charge in [-0.15, -0.1) is 11.3 Å². The summed E-state index contributed by atoms with van der Waals surface area (Å²) < 4.78 is 38.6. The van der Waals surface area contributed by atoms with E-state index in [0.717, 1.165) is 33.7 Å². The molecule has 3 N–H and O–H groups in total. The van der Waals surface area contributed by atoms with Crippen LogP contribution in [0.1, 0.15) is 28.5 Å². The number of hydrogen-bond donors (Lipinski definition) is 2. The van der Waals surface area contributed by atoms with Gasteiger partial charge < -0.3 is 4.84 Å². The van der Waals surface area contributed by atoms with Crippen molar-refractivity contribution in [2.45, 2.75) is 32.9 Å². The van der Waals surface area contributed by atoms with Crippen LogP contribution in [0, 0.1) is 12.8 Å². The van der Waals surface area contributed by atoms with Crippen molar-refractivity contribution >= 4 is 17.2 Å². The number of allylic oxidation sites excluding steroid dienone is 1. The number of nitrogens with zero attached hydrogens (tertiary/aromatic N) is 1. The van der Waals surface area contributed by atoms with Gasteiger partial charge in [-0.25, -0.2) is 0 Å². The monoisotopic (exact) mass is 475 g/mol. The van der Waals surface area contributed by atoms with Crippen LogP contribution in [0.4, 0.5) is 13.2 Å². The molecular weight excluding hydrogens is 451 g/mol. The maximum Gasteiger partial charge on any atom is 0.416 e. The second-order valence-electron chi connectivity index (χ2n) is 7.75. The van der Waals surface area contributed by atoms with Crippen LogP contribution in [0.2, 0.25) is 0 Å². The number of halogens is 3. The number of aromatic nitrogens is 1.